The van der Waals surface area contributed by atoms with Crippen LogP contribution in [0.4, 0.5) is 26.3 Å². The minimum Gasteiger partial charge on any atom is -0.456 e. The van der Waals surface area contributed by atoms with Gasteiger partial charge in [0.05, 0.1) is 0 Å². The maximum absolute atomic E-state index is 12.4. The summed E-state index contributed by atoms with van der Waals surface area (Å²) in [5, 5.41) is 10.4. The van der Waals surface area contributed by atoms with E-state index in [-0.39, 0.29) is 28.8 Å². The van der Waals surface area contributed by atoms with Gasteiger partial charge in [0, 0.05) is 17.7 Å². The summed E-state index contributed by atoms with van der Waals surface area (Å²) in [5.74, 6) is -2.92. The van der Waals surface area contributed by atoms with Crippen LogP contribution in [0.5, 0.6) is 5.75 Å². The Hall–Kier alpha value is -3.32. The van der Waals surface area contributed by atoms with Gasteiger partial charge in [0.15, 0.2) is 12.0 Å². The van der Waals surface area contributed by atoms with Crippen LogP contribution in [0.3, 0.4) is 0 Å². The number of carbonyl (C=O) groups excluding carboxylic acids is 1. The van der Waals surface area contributed by atoms with E-state index < -0.39 is 37.0 Å². The zero-order valence-electron chi connectivity index (χ0n) is 15.8. The molecule has 0 bridgehead atoms. The lowest BCUT2D eigenvalue weighted by atomic mass is 9.94. The third-order valence-electron chi connectivity index (χ3n) is 4.29. The van der Waals surface area contributed by atoms with Crippen molar-refractivity contribution in [1.82, 2.24) is 4.98 Å². The van der Waals surface area contributed by atoms with Crippen LogP contribution in [-0.4, -0.2) is 35.2 Å². The van der Waals surface area contributed by atoms with Crippen LogP contribution in [0, 0.1) is 0 Å². The van der Waals surface area contributed by atoms with Crippen molar-refractivity contribution >= 4 is 17.1 Å². The van der Waals surface area contributed by atoms with Gasteiger partial charge in [-0.1, -0.05) is 12.1 Å². The van der Waals surface area contributed by atoms with Gasteiger partial charge < -0.3 is 24.7 Å². The number of aliphatic hydroxyl groups excluding tert-OH is 1. The largest absolute Gasteiger partial charge is 0.573 e. The highest BCUT2D eigenvalue weighted by Gasteiger charge is 2.41. The van der Waals surface area contributed by atoms with Gasteiger partial charge in [-0.25, -0.2) is 9.78 Å². The molecule has 0 aliphatic heterocycles. The predicted octanol–water partition coefficient (Wildman–Crippen LogP) is 3.99. The molecular weight excluding hydrogens is 450 g/mol. The molecule has 2 aromatic carbocycles. The summed E-state index contributed by atoms with van der Waals surface area (Å²) in [6, 6.07) is 6.26. The van der Waals surface area contributed by atoms with Crippen molar-refractivity contribution in [2.75, 3.05) is 6.61 Å². The maximum Gasteiger partial charge on any atom is 0.573 e. The molecule has 0 saturated carbocycles. The predicted molar refractivity (Wildman–Crippen MR) is 96.0 cm³/mol. The SMILES string of the molecule is NCc1cc(-c2ccc(OC(F)(F)F)cc2)c2ncoc2c1C(O)COC(=O)C(F)(F)F. The van der Waals surface area contributed by atoms with E-state index in [2.05, 4.69) is 14.5 Å². The topological polar surface area (TPSA) is 108 Å². The van der Waals surface area contributed by atoms with Gasteiger partial charge in [0.2, 0.25) is 0 Å². The van der Waals surface area contributed by atoms with Crippen molar-refractivity contribution in [2.45, 2.75) is 25.2 Å². The molecular formula is C19H14F6N2O5. The Kier molecular flexibility index (Phi) is 6.32. The highest BCUT2D eigenvalue weighted by molar-refractivity contribution is 5.93. The minimum atomic E-state index is -5.23. The molecule has 1 heterocycles. The zero-order chi connectivity index (χ0) is 23.7. The van der Waals surface area contributed by atoms with Gasteiger partial charge in [0.1, 0.15) is 24.0 Å². The lowest BCUT2D eigenvalue weighted by Crippen LogP contribution is -2.27. The molecule has 3 aromatic rings. The fourth-order valence-electron chi connectivity index (χ4n) is 3.01. The number of aromatic nitrogens is 1. The molecule has 1 unspecified atom stereocenters. The molecule has 0 aliphatic rings. The van der Waals surface area contributed by atoms with Gasteiger partial charge in [-0.05, 0) is 29.3 Å². The average Bonchev–Trinajstić information content (AvgIpc) is 3.18. The van der Waals surface area contributed by atoms with Crippen LogP contribution in [0.2, 0.25) is 0 Å². The molecule has 7 nitrogen and oxygen atoms in total. The standard InChI is InChI=1S/C19H14F6N2O5/c20-18(21,22)17(29)30-7-13(28)14-10(6-26)5-12(15-16(14)31-8-27-15)9-1-3-11(4-2-9)32-19(23,24)25/h1-5,8,13,28H,6-7,26H2. The van der Waals surface area contributed by atoms with Crippen molar-refractivity contribution in [3.8, 4) is 16.9 Å². The van der Waals surface area contributed by atoms with Gasteiger partial charge in [-0.2, -0.15) is 13.2 Å². The Balaban J connectivity index is 1.97. The Morgan fingerprint density at radius 2 is 1.81 bits per heavy atom. The van der Waals surface area contributed by atoms with E-state index in [0.717, 1.165) is 18.5 Å². The van der Waals surface area contributed by atoms with Crippen LogP contribution < -0.4 is 10.5 Å². The fourth-order valence-corrected chi connectivity index (χ4v) is 3.01. The summed E-state index contributed by atoms with van der Waals surface area (Å²) in [5.41, 5.74) is 6.80. The first-order valence-corrected chi connectivity index (χ1v) is 8.78. The third kappa shape index (κ3) is 5.11. The summed E-state index contributed by atoms with van der Waals surface area (Å²) < 4.78 is 87.3. The number of carbonyl (C=O) groups is 1. The summed E-state index contributed by atoms with van der Waals surface area (Å²) in [6.45, 7) is -1.22. The minimum absolute atomic E-state index is 0.0317. The molecule has 0 spiro atoms. The number of fused-ring (bicyclic) bond motifs is 1. The van der Waals surface area contributed by atoms with Crippen molar-refractivity contribution in [2.24, 2.45) is 5.73 Å². The number of rotatable bonds is 6. The van der Waals surface area contributed by atoms with Crippen molar-refractivity contribution in [3.63, 3.8) is 0 Å². The van der Waals surface area contributed by atoms with Crippen LogP contribution >= 0.6 is 0 Å². The number of halogens is 6. The molecule has 0 aliphatic carbocycles. The molecule has 32 heavy (non-hydrogen) atoms. The quantitative estimate of drug-likeness (QED) is 0.420. The molecule has 0 saturated heterocycles. The van der Waals surface area contributed by atoms with Gasteiger partial charge in [-0.3, -0.25) is 0 Å². The highest BCUT2D eigenvalue weighted by Crippen LogP contribution is 2.36. The molecule has 1 atom stereocenters. The van der Waals surface area contributed by atoms with Crippen molar-refractivity contribution < 1.29 is 50.1 Å². The van der Waals surface area contributed by atoms with Gasteiger partial charge >= 0.3 is 18.5 Å². The normalized spacial score (nSPS) is 13.2. The Morgan fingerprint density at radius 1 is 1.16 bits per heavy atom. The first kappa shape index (κ1) is 23.3. The fraction of sp³-hybridized carbons (Fsp3) is 0.263. The smallest absolute Gasteiger partial charge is 0.456 e. The van der Waals surface area contributed by atoms with E-state index in [1.807, 2.05) is 0 Å². The van der Waals surface area contributed by atoms with Crippen molar-refractivity contribution in [3.05, 3.63) is 47.9 Å². The molecule has 0 fully saturated rings. The Morgan fingerprint density at radius 3 is 2.38 bits per heavy atom. The second-order valence-corrected chi connectivity index (χ2v) is 6.42. The molecule has 172 valence electrons. The maximum atomic E-state index is 12.4. The number of nitrogens with zero attached hydrogens (tertiary/aromatic N) is 1. The molecule has 3 N–H and O–H groups in total. The monoisotopic (exact) mass is 464 g/mol. The average molecular weight is 464 g/mol. The van der Waals surface area contributed by atoms with E-state index in [1.54, 1.807) is 0 Å². The number of aliphatic hydroxyl groups is 1. The number of benzene rings is 2. The lowest BCUT2D eigenvalue weighted by molar-refractivity contribution is -0.274. The molecule has 1 aromatic heterocycles. The second kappa shape index (κ2) is 8.67. The number of hydrogen-bond donors (Lipinski definition) is 2. The third-order valence-corrected chi connectivity index (χ3v) is 4.29. The number of nitrogens with two attached hydrogens (primary N) is 1. The van der Waals surface area contributed by atoms with Crippen molar-refractivity contribution in [1.29, 1.82) is 0 Å². The summed E-state index contributed by atoms with van der Waals surface area (Å²) in [4.78, 5) is 14.9. The van der Waals surface area contributed by atoms with Crippen LogP contribution in [0.15, 0.2) is 41.1 Å². The summed E-state index contributed by atoms with van der Waals surface area (Å²) >= 11 is 0. The molecule has 3 rings (SSSR count). The summed E-state index contributed by atoms with van der Waals surface area (Å²) in [7, 11) is 0. The lowest BCUT2D eigenvalue weighted by Gasteiger charge is -2.17. The highest BCUT2D eigenvalue weighted by atomic mass is 19.4. The van der Waals surface area contributed by atoms with E-state index in [0.29, 0.717) is 11.1 Å². The van der Waals surface area contributed by atoms with Crippen LogP contribution in [-0.2, 0) is 16.1 Å². The Labute approximate surface area is 175 Å². The summed E-state index contributed by atoms with van der Waals surface area (Å²) in [6.07, 6.45) is -10.8. The van der Waals surface area contributed by atoms with E-state index >= 15 is 0 Å². The number of oxazole rings is 1. The molecule has 0 amide bonds. The van der Waals surface area contributed by atoms with Crippen LogP contribution in [0.25, 0.3) is 22.2 Å². The zero-order valence-corrected chi connectivity index (χ0v) is 15.8. The van der Waals surface area contributed by atoms with Crippen LogP contribution in [0.1, 0.15) is 17.2 Å². The number of ether oxygens (including phenoxy) is 2. The number of esters is 1. The second-order valence-electron chi connectivity index (χ2n) is 6.42. The van der Waals surface area contributed by atoms with E-state index in [4.69, 9.17) is 10.2 Å². The molecule has 0 radical (unpaired) electrons. The van der Waals surface area contributed by atoms with Gasteiger partial charge in [0.25, 0.3) is 0 Å². The van der Waals surface area contributed by atoms with E-state index in [9.17, 15) is 36.2 Å². The first-order chi connectivity index (χ1) is 14.9. The Bertz CT molecular complexity index is 1110. The number of hydrogen-bond acceptors (Lipinski definition) is 7. The van der Waals surface area contributed by atoms with Gasteiger partial charge in [-0.15, -0.1) is 13.2 Å². The van der Waals surface area contributed by atoms with E-state index in [1.165, 1.54) is 18.2 Å². The first-order valence-electron chi connectivity index (χ1n) is 8.78. The number of alkyl halides is 6. The molecule has 13 heteroatoms.